The van der Waals surface area contributed by atoms with Crippen molar-refractivity contribution in [1.29, 1.82) is 0 Å². The minimum atomic E-state index is -0.807. The Morgan fingerprint density at radius 1 is 0.947 bits per heavy atom. The summed E-state index contributed by atoms with van der Waals surface area (Å²) in [5.74, 6) is -1.60. The zero-order valence-electron chi connectivity index (χ0n) is 11.4. The summed E-state index contributed by atoms with van der Waals surface area (Å²) < 4.78 is 21.8. The van der Waals surface area contributed by atoms with Gasteiger partial charge in [0, 0.05) is 13.8 Å². The second-order valence-corrected chi connectivity index (χ2v) is 5.10. The van der Waals surface area contributed by atoms with Crippen molar-refractivity contribution in [3.8, 4) is 0 Å². The third-order valence-electron chi connectivity index (χ3n) is 2.91. The third kappa shape index (κ3) is 3.13. The molecule has 0 bridgehead atoms. The van der Waals surface area contributed by atoms with E-state index in [9.17, 15) is 9.59 Å². The van der Waals surface area contributed by atoms with Crippen LogP contribution in [0.3, 0.4) is 0 Å². The Bertz CT molecular complexity index is 377. The van der Waals surface area contributed by atoms with Gasteiger partial charge in [0.1, 0.15) is 24.4 Å². The predicted octanol–water partition coefficient (Wildman–Crippen LogP) is 0.940. The van der Waals surface area contributed by atoms with Gasteiger partial charge in [0.25, 0.3) is 0 Å². The lowest BCUT2D eigenvalue weighted by Crippen LogP contribution is -2.47. The second-order valence-electron chi connectivity index (χ2n) is 5.10. The maximum absolute atomic E-state index is 11.1. The molecule has 1 aliphatic carbocycles. The molecule has 1 aliphatic heterocycles. The maximum atomic E-state index is 11.1. The maximum Gasteiger partial charge on any atom is 0.303 e. The first kappa shape index (κ1) is 14.0. The van der Waals surface area contributed by atoms with Crippen LogP contribution in [0.1, 0.15) is 27.7 Å². The van der Waals surface area contributed by atoms with Gasteiger partial charge in [0.15, 0.2) is 5.79 Å². The molecule has 0 aromatic heterocycles. The van der Waals surface area contributed by atoms with Crippen LogP contribution in [0, 0.1) is 0 Å². The Hall–Kier alpha value is -1.40. The Morgan fingerprint density at radius 3 is 1.63 bits per heavy atom. The minimum absolute atomic E-state index is 0.396. The Morgan fingerprint density at radius 2 is 1.32 bits per heavy atom. The monoisotopic (exact) mass is 270 g/mol. The molecule has 2 rings (SSSR count). The average Bonchev–Trinajstić information content (AvgIpc) is 2.57. The molecule has 6 nitrogen and oxygen atoms in total. The van der Waals surface area contributed by atoms with Gasteiger partial charge in [-0.15, -0.1) is 0 Å². The number of carbonyl (C=O) groups excluding carboxylic acids is 2. The Balaban J connectivity index is 2.20. The molecule has 2 aliphatic rings. The van der Waals surface area contributed by atoms with Crippen LogP contribution in [-0.2, 0) is 28.5 Å². The Labute approximate surface area is 111 Å². The average molecular weight is 270 g/mol. The van der Waals surface area contributed by atoms with Crippen molar-refractivity contribution in [2.24, 2.45) is 0 Å². The molecule has 1 fully saturated rings. The molecule has 0 spiro atoms. The van der Waals surface area contributed by atoms with Crippen molar-refractivity contribution in [2.75, 3.05) is 0 Å². The first-order valence-electron chi connectivity index (χ1n) is 6.17. The number of fused-ring (bicyclic) bond motifs is 1. The number of esters is 2. The number of hydrogen-bond acceptors (Lipinski definition) is 6. The summed E-state index contributed by atoms with van der Waals surface area (Å²) in [6.07, 6.45) is 1.32. The van der Waals surface area contributed by atoms with E-state index in [4.69, 9.17) is 18.9 Å². The van der Waals surface area contributed by atoms with E-state index in [0.717, 1.165) is 0 Å². The van der Waals surface area contributed by atoms with Gasteiger partial charge in [-0.05, 0) is 26.0 Å². The number of rotatable bonds is 2. The smallest absolute Gasteiger partial charge is 0.303 e. The van der Waals surface area contributed by atoms with Crippen LogP contribution in [0.25, 0.3) is 0 Å². The largest absolute Gasteiger partial charge is 0.455 e. The molecule has 0 saturated carbocycles. The molecule has 1 saturated heterocycles. The van der Waals surface area contributed by atoms with Crippen molar-refractivity contribution in [3.63, 3.8) is 0 Å². The molecule has 0 aromatic carbocycles. The van der Waals surface area contributed by atoms with Gasteiger partial charge in [0.2, 0.25) is 0 Å². The fourth-order valence-electron chi connectivity index (χ4n) is 2.36. The lowest BCUT2D eigenvalue weighted by Gasteiger charge is -2.31. The van der Waals surface area contributed by atoms with Crippen LogP contribution >= 0.6 is 0 Å². The van der Waals surface area contributed by atoms with E-state index in [1.807, 2.05) is 0 Å². The highest BCUT2D eigenvalue weighted by Crippen LogP contribution is 2.36. The fraction of sp³-hybridized carbons (Fsp3) is 0.692. The molecule has 0 N–H and O–H groups in total. The van der Waals surface area contributed by atoms with Gasteiger partial charge in [0.05, 0.1) is 0 Å². The first-order chi connectivity index (χ1) is 8.78. The second kappa shape index (κ2) is 4.94. The van der Waals surface area contributed by atoms with Crippen molar-refractivity contribution in [2.45, 2.75) is 57.9 Å². The van der Waals surface area contributed by atoms with Crippen LogP contribution in [0.2, 0.25) is 0 Å². The van der Waals surface area contributed by atoms with E-state index < -0.39 is 42.1 Å². The van der Waals surface area contributed by atoms with Gasteiger partial charge in [-0.25, -0.2) is 0 Å². The van der Waals surface area contributed by atoms with Crippen LogP contribution in [0.15, 0.2) is 12.2 Å². The van der Waals surface area contributed by atoms with E-state index in [1.54, 1.807) is 26.0 Å². The zero-order chi connectivity index (χ0) is 14.2. The summed E-state index contributed by atoms with van der Waals surface area (Å²) in [6.45, 7) is 6.20. The number of carbonyl (C=O) groups is 2. The zero-order valence-corrected chi connectivity index (χ0v) is 11.4. The lowest BCUT2D eigenvalue weighted by molar-refractivity contribution is -0.167. The van der Waals surface area contributed by atoms with Gasteiger partial charge in [-0.1, -0.05) is 0 Å². The van der Waals surface area contributed by atoms with Crippen LogP contribution in [0.5, 0.6) is 0 Å². The molecule has 1 heterocycles. The summed E-state index contributed by atoms with van der Waals surface area (Å²) in [7, 11) is 0. The molecule has 0 radical (unpaired) electrons. The van der Waals surface area contributed by atoms with Gasteiger partial charge >= 0.3 is 11.9 Å². The SMILES string of the molecule is CC(=O)O[C@H]1C=C[C@H](OC(C)=O)[C@H]2OC(C)(C)O[C@@H]21. The molecule has 0 amide bonds. The van der Waals surface area contributed by atoms with Crippen molar-refractivity contribution in [1.82, 2.24) is 0 Å². The van der Waals surface area contributed by atoms with E-state index in [1.165, 1.54) is 13.8 Å². The van der Waals surface area contributed by atoms with E-state index in [2.05, 4.69) is 0 Å². The van der Waals surface area contributed by atoms with E-state index in [-0.39, 0.29) is 0 Å². The third-order valence-corrected chi connectivity index (χ3v) is 2.91. The van der Waals surface area contributed by atoms with E-state index in [0.29, 0.717) is 0 Å². The van der Waals surface area contributed by atoms with Crippen LogP contribution in [-0.4, -0.2) is 42.1 Å². The molecular weight excluding hydrogens is 252 g/mol. The lowest BCUT2D eigenvalue weighted by atomic mass is 9.96. The van der Waals surface area contributed by atoms with Gasteiger partial charge in [-0.2, -0.15) is 0 Å². The highest BCUT2D eigenvalue weighted by molar-refractivity contribution is 5.67. The topological polar surface area (TPSA) is 71.1 Å². The molecule has 6 heteroatoms. The summed E-state index contributed by atoms with van der Waals surface area (Å²) in [4.78, 5) is 22.2. The molecule has 4 atom stereocenters. The number of ether oxygens (including phenoxy) is 4. The van der Waals surface area contributed by atoms with Crippen molar-refractivity contribution in [3.05, 3.63) is 12.2 Å². The quantitative estimate of drug-likeness (QED) is 0.549. The first-order valence-corrected chi connectivity index (χ1v) is 6.17. The highest BCUT2D eigenvalue weighted by atomic mass is 16.8. The fourth-order valence-corrected chi connectivity index (χ4v) is 2.36. The normalized spacial score (nSPS) is 35.6. The standard InChI is InChI=1S/C13H18O6/c1-7(14)16-9-5-6-10(17-8(2)15)12-11(9)18-13(3,4)19-12/h5-6,9-12H,1-4H3/t9-,10-,11+,12+/m0/s1. The molecule has 0 aromatic rings. The summed E-state index contributed by atoms with van der Waals surface area (Å²) in [5.41, 5.74) is 0. The predicted molar refractivity (Wildman–Crippen MR) is 64.1 cm³/mol. The highest BCUT2D eigenvalue weighted by Gasteiger charge is 2.51. The Kier molecular flexibility index (Phi) is 3.64. The summed E-state index contributed by atoms with van der Waals surface area (Å²) >= 11 is 0. The molecule has 106 valence electrons. The van der Waals surface area contributed by atoms with Crippen LogP contribution in [0.4, 0.5) is 0 Å². The van der Waals surface area contributed by atoms with Gasteiger partial charge < -0.3 is 18.9 Å². The summed E-state index contributed by atoms with van der Waals surface area (Å²) in [6, 6.07) is 0. The molecule has 0 unspecified atom stereocenters. The van der Waals surface area contributed by atoms with Crippen molar-refractivity contribution >= 4 is 11.9 Å². The minimum Gasteiger partial charge on any atom is -0.455 e. The van der Waals surface area contributed by atoms with Crippen LogP contribution < -0.4 is 0 Å². The van der Waals surface area contributed by atoms with Gasteiger partial charge in [-0.3, -0.25) is 9.59 Å². The molecular formula is C13H18O6. The van der Waals surface area contributed by atoms with Crippen molar-refractivity contribution < 1.29 is 28.5 Å². The van der Waals surface area contributed by atoms with E-state index >= 15 is 0 Å². The summed E-state index contributed by atoms with van der Waals surface area (Å²) in [5, 5.41) is 0. The molecule has 19 heavy (non-hydrogen) atoms. The number of hydrogen-bond donors (Lipinski definition) is 0.